The van der Waals surface area contributed by atoms with E-state index in [-0.39, 0.29) is 5.41 Å². The molecule has 1 aromatic heterocycles. The summed E-state index contributed by atoms with van der Waals surface area (Å²) in [5, 5.41) is 0. The molecule has 0 amide bonds. The second kappa shape index (κ2) is 6.07. The van der Waals surface area contributed by atoms with Crippen LogP contribution in [0.25, 0.3) is 0 Å². The Morgan fingerprint density at radius 3 is 2.47 bits per heavy atom. The van der Waals surface area contributed by atoms with Gasteiger partial charge in [-0.2, -0.15) is 0 Å². The lowest BCUT2D eigenvalue weighted by Gasteiger charge is -2.30. The zero-order chi connectivity index (χ0) is 11.3. The first-order valence-corrected chi connectivity index (χ1v) is 7.06. The average Bonchev–Trinajstić information content (AvgIpc) is 2.68. The van der Waals surface area contributed by atoms with E-state index in [1.54, 1.807) is 11.3 Å². The van der Waals surface area contributed by atoms with E-state index in [0.717, 1.165) is 12.8 Å². The highest BCUT2D eigenvalue weighted by molar-refractivity contribution is 7.09. The maximum atomic E-state index is 6.09. The molecule has 0 fully saturated rings. The highest BCUT2D eigenvalue weighted by Gasteiger charge is 2.30. The number of hydrogen-bond donors (Lipinski definition) is 0. The van der Waals surface area contributed by atoms with Gasteiger partial charge >= 0.3 is 0 Å². The van der Waals surface area contributed by atoms with Gasteiger partial charge in [-0.15, -0.1) is 34.5 Å². The fourth-order valence-corrected chi connectivity index (χ4v) is 3.34. The van der Waals surface area contributed by atoms with Gasteiger partial charge in [0.05, 0.1) is 5.51 Å². The van der Waals surface area contributed by atoms with Crippen LogP contribution in [0.4, 0.5) is 0 Å². The summed E-state index contributed by atoms with van der Waals surface area (Å²) in [7, 11) is 0. The quantitative estimate of drug-likeness (QED) is 0.703. The summed E-state index contributed by atoms with van der Waals surface area (Å²) >= 11 is 13.8. The number of hydrogen-bond acceptors (Lipinski definition) is 2. The Hall–Kier alpha value is 0.210. The molecule has 1 nitrogen and oxygen atoms in total. The summed E-state index contributed by atoms with van der Waals surface area (Å²) in [6.07, 6.45) is 3.93. The molecule has 0 saturated carbocycles. The standard InChI is InChI=1S/C11H17Cl2NS/c1-9(2)3-11(6-12,7-13)4-10-5-14-8-15-10/h5,8-9H,3-4,6-7H2,1-2H3. The van der Waals surface area contributed by atoms with Crippen molar-refractivity contribution in [2.45, 2.75) is 26.7 Å². The molecule has 0 aromatic carbocycles. The van der Waals surface area contributed by atoms with E-state index in [4.69, 9.17) is 23.2 Å². The van der Waals surface area contributed by atoms with Crippen molar-refractivity contribution in [1.29, 1.82) is 0 Å². The molecule has 0 aliphatic carbocycles. The maximum absolute atomic E-state index is 6.09. The van der Waals surface area contributed by atoms with Crippen molar-refractivity contribution in [2.75, 3.05) is 11.8 Å². The van der Waals surface area contributed by atoms with Gasteiger partial charge in [0.15, 0.2) is 0 Å². The smallest absolute Gasteiger partial charge is 0.0794 e. The predicted octanol–water partition coefficient (Wildman–Crippen LogP) is 4.20. The molecule has 4 heteroatoms. The molecule has 0 N–H and O–H groups in total. The van der Waals surface area contributed by atoms with Crippen molar-refractivity contribution < 1.29 is 0 Å². The third-order valence-electron chi connectivity index (χ3n) is 2.44. The molecule has 0 aliphatic heterocycles. The minimum atomic E-state index is 0.0316. The van der Waals surface area contributed by atoms with E-state index >= 15 is 0 Å². The summed E-state index contributed by atoms with van der Waals surface area (Å²) in [5.74, 6) is 1.86. The first-order chi connectivity index (χ1) is 7.12. The summed E-state index contributed by atoms with van der Waals surface area (Å²) in [5.41, 5.74) is 1.89. The van der Waals surface area contributed by atoms with Crippen LogP contribution in [-0.4, -0.2) is 16.7 Å². The van der Waals surface area contributed by atoms with Crippen LogP contribution in [0.15, 0.2) is 11.7 Å². The molecular weight excluding hydrogens is 249 g/mol. The van der Waals surface area contributed by atoms with Crippen LogP contribution in [0.2, 0.25) is 0 Å². The van der Waals surface area contributed by atoms with Crippen molar-refractivity contribution in [3.8, 4) is 0 Å². The zero-order valence-electron chi connectivity index (χ0n) is 9.17. The second-order valence-corrected chi connectivity index (χ2v) is 6.02. The largest absolute Gasteiger partial charge is 0.253 e. The molecule has 86 valence electrons. The van der Waals surface area contributed by atoms with E-state index < -0.39 is 0 Å². The predicted molar refractivity (Wildman–Crippen MR) is 69.1 cm³/mol. The maximum Gasteiger partial charge on any atom is 0.0794 e. The van der Waals surface area contributed by atoms with Gasteiger partial charge in [-0.1, -0.05) is 13.8 Å². The molecule has 1 heterocycles. The highest BCUT2D eigenvalue weighted by Crippen LogP contribution is 2.34. The van der Waals surface area contributed by atoms with Crippen LogP contribution >= 0.6 is 34.5 Å². The first-order valence-electron chi connectivity index (χ1n) is 5.11. The van der Waals surface area contributed by atoms with Gasteiger partial charge in [-0.05, 0) is 18.8 Å². The minimum Gasteiger partial charge on any atom is -0.253 e. The lowest BCUT2D eigenvalue weighted by Crippen LogP contribution is -2.29. The van der Waals surface area contributed by atoms with Gasteiger partial charge in [0.2, 0.25) is 0 Å². The second-order valence-electron chi connectivity index (χ2n) is 4.51. The van der Waals surface area contributed by atoms with E-state index in [9.17, 15) is 0 Å². The molecule has 0 spiro atoms. The van der Waals surface area contributed by atoms with E-state index in [2.05, 4.69) is 18.8 Å². The Morgan fingerprint density at radius 1 is 1.40 bits per heavy atom. The van der Waals surface area contributed by atoms with Crippen LogP contribution in [0.1, 0.15) is 25.1 Å². The average molecular weight is 266 g/mol. The summed E-state index contributed by atoms with van der Waals surface area (Å²) < 4.78 is 0. The number of nitrogens with zero attached hydrogens (tertiary/aromatic N) is 1. The molecule has 0 unspecified atom stereocenters. The molecular formula is C11H17Cl2NS. The molecule has 0 bridgehead atoms. The molecule has 0 aliphatic rings. The first kappa shape index (κ1) is 13.3. The van der Waals surface area contributed by atoms with Crippen molar-refractivity contribution in [3.63, 3.8) is 0 Å². The van der Waals surface area contributed by atoms with Crippen LogP contribution < -0.4 is 0 Å². The van der Waals surface area contributed by atoms with E-state index in [1.165, 1.54) is 4.88 Å². The Balaban J connectivity index is 2.71. The summed E-state index contributed by atoms with van der Waals surface area (Å²) in [4.78, 5) is 5.36. The van der Waals surface area contributed by atoms with Gasteiger partial charge in [0.1, 0.15) is 0 Å². The van der Waals surface area contributed by atoms with E-state index in [1.807, 2.05) is 11.7 Å². The molecule has 0 atom stereocenters. The van der Waals surface area contributed by atoms with Gasteiger partial charge in [0.25, 0.3) is 0 Å². The van der Waals surface area contributed by atoms with Gasteiger partial charge < -0.3 is 0 Å². The van der Waals surface area contributed by atoms with E-state index in [0.29, 0.717) is 17.7 Å². The fraction of sp³-hybridized carbons (Fsp3) is 0.727. The molecule has 1 rings (SSSR count). The monoisotopic (exact) mass is 265 g/mol. The highest BCUT2D eigenvalue weighted by atomic mass is 35.5. The number of aromatic nitrogens is 1. The van der Waals surface area contributed by atoms with Crippen LogP contribution in [-0.2, 0) is 6.42 Å². The molecule has 15 heavy (non-hydrogen) atoms. The van der Waals surface area contributed by atoms with Crippen molar-refractivity contribution in [2.24, 2.45) is 11.3 Å². The summed E-state index contributed by atoms with van der Waals surface area (Å²) in [6.45, 7) is 4.42. The lowest BCUT2D eigenvalue weighted by molar-refractivity contribution is 0.297. The van der Waals surface area contributed by atoms with Gasteiger partial charge in [-0.3, -0.25) is 4.98 Å². The Labute approximate surface area is 106 Å². The molecule has 0 radical (unpaired) electrons. The molecule has 0 saturated heterocycles. The van der Waals surface area contributed by atoms with Crippen LogP contribution in [0, 0.1) is 11.3 Å². The third kappa shape index (κ3) is 3.93. The Bertz CT molecular complexity index is 268. The normalized spacial score (nSPS) is 12.3. The summed E-state index contributed by atoms with van der Waals surface area (Å²) in [6, 6.07) is 0. The van der Waals surface area contributed by atoms with Crippen LogP contribution in [0.5, 0.6) is 0 Å². The number of rotatable bonds is 6. The Kier molecular flexibility index (Phi) is 5.37. The van der Waals surface area contributed by atoms with Gasteiger partial charge in [0, 0.05) is 28.2 Å². The Morgan fingerprint density at radius 2 is 2.07 bits per heavy atom. The third-order valence-corrected chi connectivity index (χ3v) is 4.35. The van der Waals surface area contributed by atoms with Crippen molar-refractivity contribution >= 4 is 34.5 Å². The fourth-order valence-electron chi connectivity index (χ4n) is 1.88. The topological polar surface area (TPSA) is 12.9 Å². The number of halogens is 2. The van der Waals surface area contributed by atoms with Crippen LogP contribution in [0.3, 0.4) is 0 Å². The minimum absolute atomic E-state index is 0.0316. The zero-order valence-corrected chi connectivity index (χ0v) is 11.5. The van der Waals surface area contributed by atoms with Gasteiger partial charge in [-0.25, -0.2) is 0 Å². The molecule has 1 aromatic rings. The van der Waals surface area contributed by atoms with Crippen molar-refractivity contribution in [3.05, 3.63) is 16.6 Å². The number of alkyl halides is 2. The SMILES string of the molecule is CC(C)CC(CCl)(CCl)Cc1cncs1. The number of thiazole rings is 1. The van der Waals surface area contributed by atoms with Crippen molar-refractivity contribution in [1.82, 2.24) is 4.98 Å². The lowest BCUT2D eigenvalue weighted by atomic mass is 9.80.